The van der Waals surface area contributed by atoms with Gasteiger partial charge >= 0.3 is 0 Å². The van der Waals surface area contributed by atoms with E-state index in [-0.39, 0.29) is 0 Å². The van der Waals surface area contributed by atoms with Crippen LogP contribution in [0.4, 0.5) is 11.8 Å². The third-order valence-corrected chi connectivity index (χ3v) is 4.27. The number of hydrogen-bond acceptors (Lipinski definition) is 7. The molecule has 1 aliphatic rings. The fourth-order valence-electron chi connectivity index (χ4n) is 2.92. The third-order valence-electron chi connectivity index (χ3n) is 4.27. The van der Waals surface area contributed by atoms with Crippen LogP contribution in [0.1, 0.15) is 11.1 Å². The van der Waals surface area contributed by atoms with Gasteiger partial charge in [-0.1, -0.05) is 29.8 Å². The number of imidazole rings is 1. The van der Waals surface area contributed by atoms with E-state index in [0.717, 1.165) is 18.7 Å². The van der Waals surface area contributed by atoms with Gasteiger partial charge in [0.25, 0.3) is 0 Å². The Morgan fingerprint density at radius 3 is 2.85 bits per heavy atom. The van der Waals surface area contributed by atoms with Gasteiger partial charge in [-0.25, -0.2) is 9.66 Å². The predicted molar refractivity (Wildman–Crippen MR) is 102 cm³/mol. The number of nitrogens with one attached hydrogen (secondary N) is 1. The first kappa shape index (κ1) is 16.5. The van der Waals surface area contributed by atoms with Crippen molar-refractivity contribution in [2.75, 3.05) is 43.6 Å². The van der Waals surface area contributed by atoms with E-state index in [1.165, 1.54) is 5.56 Å². The van der Waals surface area contributed by atoms with Gasteiger partial charge in [-0.15, -0.1) is 0 Å². The molecule has 1 N–H and O–H groups in total. The summed E-state index contributed by atoms with van der Waals surface area (Å²) in [6.07, 6.45) is 3.47. The van der Waals surface area contributed by atoms with Crippen molar-refractivity contribution in [3.05, 3.63) is 41.7 Å². The highest BCUT2D eigenvalue weighted by molar-refractivity contribution is 5.85. The molecule has 0 radical (unpaired) electrons. The fourth-order valence-corrected chi connectivity index (χ4v) is 2.92. The molecular weight excluding hydrogens is 330 g/mol. The van der Waals surface area contributed by atoms with Crippen LogP contribution in [0.2, 0.25) is 0 Å². The first-order valence-corrected chi connectivity index (χ1v) is 8.61. The highest BCUT2D eigenvalue weighted by Gasteiger charge is 2.18. The minimum Gasteiger partial charge on any atom is -0.378 e. The maximum Gasteiger partial charge on any atom is 0.229 e. The van der Waals surface area contributed by atoms with E-state index in [1.807, 2.05) is 25.4 Å². The Balaban J connectivity index is 1.73. The SMILES string of the molecule is CNc1nc(N2CCOCC2)nc2c1ncn2N=Cc1cccc(C)c1. The lowest BCUT2D eigenvalue weighted by Crippen LogP contribution is -2.37. The van der Waals surface area contributed by atoms with E-state index in [9.17, 15) is 0 Å². The Morgan fingerprint density at radius 2 is 2.08 bits per heavy atom. The first-order valence-electron chi connectivity index (χ1n) is 8.61. The average molecular weight is 351 g/mol. The summed E-state index contributed by atoms with van der Waals surface area (Å²) in [6, 6.07) is 8.17. The number of rotatable bonds is 4. The van der Waals surface area contributed by atoms with Crippen molar-refractivity contribution in [3.8, 4) is 0 Å². The number of hydrogen-bond donors (Lipinski definition) is 1. The summed E-state index contributed by atoms with van der Waals surface area (Å²) in [5, 5.41) is 7.64. The second kappa shape index (κ2) is 7.09. The zero-order chi connectivity index (χ0) is 17.9. The lowest BCUT2D eigenvalue weighted by molar-refractivity contribution is 0.122. The molecule has 1 aromatic carbocycles. The summed E-state index contributed by atoms with van der Waals surface area (Å²) < 4.78 is 7.10. The third kappa shape index (κ3) is 3.23. The Hall–Kier alpha value is -3.00. The maximum absolute atomic E-state index is 5.42. The number of fused-ring (bicyclic) bond motifs is 1. The lowest BCUT2D eigenvalue weighted by Gasteiger charge is -2.26. The molecule has 8 heteroatoms. The topological polar surface area (TPSA) is 80.5 Å². The molecule has 0 unspecified atom stereocenters. The molecule has 0 spiro atoms. The van der Waals surface area contributed by atoms with Crippen LogP contribution in [-0.2, 0) is 4.74 Å². The standard InChI is InChI=1S/C18H21N7O/c1-13-4-3-5-14(10-13)11-21-25-12-20-15-16(19-2)22-18(23-17(15)25)24-6-8-26-9-7-24/h3-5,10-12H,6-9H2,1-2H3,(H,19,22,23). The summed E-state index contributed by atoms with van der Waals surface area (Å²) in [5.41, 5.74) is 3.60. The summed E-state index contributed by atoms with van der Waals surface area (Å²) >= 11 is 0. The van der Waals surface area contributed by atoms with Crippen LogP contribution in [0.15, 0.2) is 35.7 Å². The molecule has 2 aromatic heterocycles. The molecule has 0 bridgehead atoms. The maximum atomic E-state index is 5.42. The number of benzene rings is 1. The van der Waals surface area contributed by atoms with Gasteiger partial charge in [0.15, 0.2) is 17.0 Å². The van der Waals surface area contributed by atoms with Crippen LogP contribution in [0.25, 0.3) is 11.2 Å². The van der Waals surface area contributed by atoms with Crippen molar-refractivity contribution in [2.45, 2.75) is 6.92 Å². The van der Waals surface area contributed by atoms with Gasteiger partial charge in [0.1, 0.15) is 6.33 Å². The zero-order valence-corrected chi connectivity index (χ0v) is 14.9. The smallest absolute Gasteiger partial charge is 0.229 e. The molecule has 3 aromatic rings. The van der Waals surface area contributed by atoms with Crippen LogP contribution in [0.3, 0.4) is 0 Å². The normalized spacial score (nSPS) is 15.1. The molecule has 8 nitrogen and oxygen atoms in total. The average Bonchev–Trinajstić information content (AvgIpc) is 3.09. The largest absolute Gasteiger partial charge is 0.378 e. The zero-order valence-electron chi connectivity index (χ0n) is 14.9. The van der Waals surface area contributed by atoms with Crippen LogP contribution in [0.5, 0.6) is 0 Å². The summed E-state index contributed by atoms with van der Waals surface area (Å²) in [4.78, 5) is 15.9. The van der Waals surface area contributed by atoms with Gasteiger partial charge in [0, 0.05) is 20.1 Å². The molecule has 0 amide bonds. The second-order valence-electron chi connectivity index (χ2n) is 6.14. The van der Waals surface area contributed by atoms with Crippen molar-refractivity contribution in [1.29, 1.82) is 0 Å². The monoisotopic (exact) mass is 351 g/mol. The molecule has 1 aliphatic heterocycles. The number of aryl methyl sites for hydroxylation is 1. The minimum atomic E-state index is 0.664. The second-order valence-corrected chi connectivity index (χ2v) is 6.14. The van der Waals surface area contributed by atoms with Crippen molar-refractivity contribution in [2.24, 2.45) is 5.10 Å². The van der Waals surface area contributed by atoms with Crippen LogP contribution in [0, 0.1) is 6.92 Å². The van der Waals surface area contributed by atoms with E-state index in [1.54, 1.807) is 11.0 Å². The molecular formula is C18H21N7O. The molecule has 26 heavy (non-hydrogen) atoms. The summed E-state index contributed by atoms with van der Waals surface area (Å²) in [5.74, 6) is 1.36. The molecule has 134 valence electrons. The Morgan fingerprint density at radius 1 is 1.23 bits per heavy atom. The number of ether oxygens (including phenoxy) is 1. The van der Waals surface area contributed by atoms with E-state index in [4.69, 9.17) is 9.72 Å². The first-order chi connectivity index (χ1) is 12.7. The Kier molecular flexibility index (Phi) is 4.49. The highest BCUT2D eigenvalue weighted by Crippen LogP contribution is 2.22. The Bertz CT molecular complexity index is 944. The van der Waals surface area contributed by atoms with Crippen molar-refractivity contribution >= 4 is 29.1 Å². The predicted octanol–water partition coefficient (Wildman–Crippen LogP) is 1.90. The molecule has 4 rings (SSSR count). The van der Waals surface area contributed by atoms with E-state index in [2.05, 4.69) is 44.3 Å². The van der Waals surface area contributed by atoms with E-state index >= 15 is 0 Å². The molecule has 3 heterocycles. The molecule has 0 aliphatic carbocycles. The lowest BCUT2D eigenvalue weighted by atomic mass is 10.2. The van der Waals surface area contributed by atoms with E-state index < -0.39 is 0 Å². The van der Waals surface area contributed by atoms with Gasteiger partial charge in [-0.05, 0) is 12.5 Å². The number of nitrogens with zero attached hydrogens (tertiary/aromatic N) is 6. The van der Waals surface area contributed by atoms with Crippen LogP contribution >= 0.6 is 0 Å². The van der Waals surface area contributed by atoms with Crippen LogP contribution < -0.4 is 10.2 Å². The summed E-state index contributed by atoms with van der Waals surface area (Å²) in [6.45, 7) is 4.97. The van der Waals surface area contributed by atoms with Crippen molar-refractivity contribution < 1.29 is 4.74 Å². The number of morpholine rings is 1. The van der Waals surface area contributed by atoms with Gasteiger partial charge in [0.2, 0.25) is 5.95 Å². The van der Waals surface area contributed by atoms with E-state index in [0.29, 0.717) is 36.1 Å². The van der Waals surface area contributed by atoms with Crippen molar-refractivity contribution in [3.63, 3.8) is 0 Å². The van der Waals surface area contributed by atoms with Gasteiger partial charge in [-0.2, -0.15) is 15.1 Å². The number of aromatic nitrogens is 4. The highest BCUT2D eigenvalue weighted by atomic mass is 16.5. The van der Waals surface area contributed by atoms with Gasteiger partial charge in [0.05, 0.1) is 19.4 Å². The quantitative estimate of drug-likeness (QED) is 0.723. The molecule has 1 fully saturated rings. The summed E-state index contributed by atoms with van der Waals surface area (Å²) in [7, 11) is 1.83. The van der Waals surface area contributed by atoms with Gasteiger partial charge in [-0.3, -0.25) is 0 Å². The number of anilines is 2. The van der Waals surface area contributed by atoms with Crippen LogP contribution in [-0.4, -0.2) is 59.2 Å². The molecule has 0 atom stereocenters. The Labute approximate surface area is 151 Å². The minimum absolute atomic E-state index is 0.664. The molecule has 1 saturated heterocycles. The molecule has 0 saturated carbocycles. The van der Waals surface area contributed by atoms with Crippen molar-refractivity contribution in [1.82, 2.24) is 19.6 Å². The van der Waals surface area contributed by atoms with Gasteiger partial charge < -0.3 is 15.0 Å². The fraction of sp³-hybridized carbons (Fsp3) is 0.333.